The first-order valence-corrected chi connectivity index (χ1v) is 10.5. The Kier molecular flexibility index (Phi) is 5.21. The van der Waals surface area contributed by atoms with Crippen LogP contribution in [0, 0.1) is 5.92 Å². The maximum Gasteiger partial charge on any atom is 0.349 e. The Hall–Kier alpha value is -0.203. The molecule has 5 atom stereocenters. The van der Waals surface area contributed by atoms with E-state index in [-0.39, 0.29) is 34.3 Å². The van der Waals surface area contributed by atoms with Gasteiger partial charge in [0.15, 0.2) is 0 Å². The van der Waals surface area contributed by atoms with Crippen LogP contribution in [0.25, 0.3) is 0 Å². The summed E-state index contributed by atoms with van der Waals surface area (Å²) in [6.07, 6.45) is 1.52. The quantitative estimate of drug-likeness (QED) is 0.613. The molecule has 0 aromatic heterocycles. The minimum atomic E-state index is -2.49. The van der Waals surface area contributed by atoms with Gasteiger partial charge in [0.05, 0.1) is 24.9 Å². The summed E-state index contributed by atoms with van der Waals surface area (Å²) in [6.45, 7) is 19.6. The fraction of sp³-hybridized carbons (Fsp3) is 0.889. The highest BCUT2D eigenvalue weighted by Crippen LogP contribution is 2.55. The van der Waals surface area contributed by atoms with Crippen molar-refractivity contribution in [2.24, 2.45) is 5.92 Å². The summed E-state index contributed by atoms with van der Waals surface area (Å²) in [6, 6.07) is 0. The van der Waals surface area contributed by atoms with Crippen LogP contribution in [0.4, 0.5) is 0 Å². The van der Waals surface area contributed by atoms with E-state index in [9.17, 15) is 5.11 Å². The third kappa shape index (κ3) is 3.31. The van der Waals surface area contributed by atoms with Crippen LogP contribution >= 0.6 is 0 Å². The summed E-state index contributed by atoms with van der Waals surface area (Å²) in [5.41, 5.74) is 0. The second kappa shape index (κ2) is 6.26. The van der Waals surface area contributed by atoms with Crippen LogP contribution in [-0.4, -0.2) is 44.7 Å². The lowest BCUT2D eigenvalue weighted by molar-refractivity contribution is -0.206. The van der Waals surface area contributed by atoms with Gasteiger partial charge in [0.25, 0.3) is 0 Å². The van der Waals surface area contributed by atoms with Crippen LogP contribution in [0.2, 0.25) is 10.1 Å². The normalized spacial score (nSPS) is 36.2. The van der Waals surface area contributed by atoms with Gasteiger partial charge in [-0.15, -0.1) is 6.58 Å². The Morgan fingerprint density at radius 1 is 1.13 bits per heavy atom. The van der Waals surface area contributed by atoms with Gasteiger partial charge in [-0.1, -0.05) is 54.5 Å². The van der Waals surface area contributed by atoms with E-state index in [1.54, 1.807) is 0 Å². The van der Waals surface area contributed by atoms with E-state index in [0.717, 1.165) is 0 Å². The van der Waals surface area contributed by atoms with Gasteiger partial charge in [0.2, 0.25) is 0 Å². The van der Waals surface area contributed by atoms with E-state index in [1.807, 2.05) is 13.0 Å². The van der Waals surface area contributed by atoms with Gasteiger partial charge in [-0.05, 0) is 0 Å². The van der Waals surface area contributed by atoms with E-state index >= 15 is 0 Å². The molecule has 0 saturated carbocycles. The lowest BCUT2D eigenvalue weighted by atomic mass is 9.91. The number of ether oxygens (including phenoxy) is 1. The van der Waals surface area contributed by atoms with E-state index in [4.69, 9.17) is 13.6 Å². The first kappa shape index (κ1) is 19.1. The van der Waals surface area contributed by atoms with Crippen LogP contribution in [0.3, 0.4) is 0 Å². The topological polar surface area (TPSA) is 47.9 Å². The molecule has 1 N–H and O–H groups in total. The molecule has 2 aliphatic rings. The molecule has 0 amide bonds. The van der Waals surface area contributed by atoms with Gasteiger partial charge < -0.3 is 18.7 Å². The SMILES string of the molecule is C=CC(C)[C@@H]1O[C@@H]2CO[Si](C(C)(C)C)(C(C)(C)C)O[C@@H]2C[C@@H]1O. The zero-order valence-corrected chi connectivity index (χ0v) is 16.8. The van der Waals surface area contributed by atoms with Crippen molar-refractivity contribution in [3.63, 3.8) is 0 Å². The minimum Gasteiger partial charge on any atom is -0.391 e. The molecule has 4 nitrogen and oxygen atoms in total. The smallest absolute Gasteiger partial charge is 0.349 e. The van der Waals surface area contributed by atoms with Gasteiger partial charge in [-0.2, -0.15) is 0 Å². The maximum atomic E-state index is 10.5. The Balaban J connectivity index is 2.23. The minimum absolute atomic E-state index is 0.0492. The fourth-order valence-corrected chi connectivity index (χ4v) is 9.11. The second-order valence-corrected chi connectivity index (χ2v) is 13.9. The first-order chi connectivity index (χ1) is 10.4. The van der Waals surface area contributed by atoms with Crippen LogP contribution in [0.15, 0.2) is 12.7 Å². The van der Waals surface area contributed by atoms with Crippen LogP contribution in [0.1, 0.15) is 54.9 Å². The molecule has 2 fully saturated rings. The van der Waals surface area contributed by atoms with Crippen LogP contribution in [0.5, 0.6) is 0 Å². The molecular weight excluding hydrogens is 308 g/mol. The highest BCUT2D eigenvalue weighted by atomic mass is 28.4. The molecule has 134 valence electrons. The number of hydrogen-bond donors (Lipinski definition) is 1. The molecular formula is C18H34O4Si. The van der Waals surface area contributed by atoms with Gasteiger partial charge in [-0.3, -0.25) is 0 Å². The predicted molar refractivity (Wildman–Crippen MR) is 94.7 cm³/mol. The Bertz CT molecular complexity index is 423. The molecule has 0 aliphatic carbocycles. The van der Waals surface area contributed by atoms with E-state index in [2.05, 4.69) is 48.1 Å². The van der Waals surface area contributed by atoms with E-state index < -0.39 is 14.7 Å². The summed E-state index contributed by atoms with van der Waals surface area (Å²) < 4.78 is 19.2. The molecule has 0 radical (unpaired) electrons. The highest BCUT2D eigenvalue weighted by molar-refractivity contribution is 6.73. The van der Waals surface area contributed by atoms with Crippen molar-refractivity contribution >= 4 is 8.56 Å². The van der Waals surface area contributed by atoms with Crippen molar-refractivity contribution in [2.45, 2.75) is 89.4 Å². The molecule has 1 unspecified atom stereocenters. The molecule has 2 heterocycles. The predicted octanol–water partition coefficient (Wildman–Crippen LogP) is 3.78. The second-order valence-electron chi connectivity index (χ2n) is 9.12. The van der Waals surface area contributed by atoms with Crippen molar-refractivity contribution in [2.75, 3.05) is 6.61 Å². The zero-order chi connectivity index (χ0) is 17.6. The molecule has 2 saturated heterocycles. The molecule has 0 aromatic carbocycles. The first-order valence-electron chi connectivity index (χ1n) is 8.71. The van der Waals surface area contributed by atoms with Crippen molar-refractivity contribution in [1.82, 2.24) is 0 Å². The number of fused-ring (bicyclic) bond motifs is 1. The highest BCUT2D eigenvalue weighted by Gasteiger charge is 2.62. The molecule has 2 rings (SSSR count). The number of rotatable bonds is 2. The summed E-state index contributed by atoms with van der Waals surface area (Å²) in [5, 5.41) is 10.4. The Labute approximate surface area is 142 Å². The third-order valence-corrected chi connectivity index (χ3v) is 10.4. The lowest BCUT2D eigenvalue weighted by Crippen LogP contribution is -2.67. The van der Waals surface area contributed by atoms with Crippen molar-refractivity contribution in [3.8, 4) is 0 Å². The largest absolute Gasteiger partial charge is 0.391 e. The van der Waals surface area contributed by atoms with Gasteiger partial charge in [0, 0.05) is 22.4 Å². The molecule has 2 aliphatic heterocycles. The van der Waals surface area contributed by atoms with Crippen molar-refractivity contribution < 1.29 is 18.7 Å². The van der Waals surface area contributed by atoms with E-state index in [1.165, 1.54) is 0 Å². The molecule has 0 aromatic rings. The summed E-state index contributed by atoms with van der Waals surface area (Å²) in [5.74, 6) is 0.111. The lowest BCUT2D eigenvalue weighted by Gasteiger charge is -2.56. The van der Waals surface area contributed by atoms with Crippen LogP contribution < -0.4 is 0 Å². The number of aliphatic hydroxyl groups is 1. The van der Waals surface area contributed by atoms with Gasteiger partial charge in [-0.25, -0.2) is 0 Å². The summed E-state index contributed by atoms with van der Waals surface area (Å²) in [4.78, 5) is 0. The monoisotopic (exact) mass is 342 g/mol. The van der Waals surface area contributed by atoms with Gasteiger partial charge in [0.1, 0.15) is 6.10 Å². The third-order valence-electron chi connectivity index (χ3n) is 5.23. The average molecular weight is 343 g/mol. The van der Waals surface area contributed by atoms with E-state index in [0.29, 0.717) is 13.0 Å². The summed E-state index contributed by atoms with van der Waals surface area (Å²) >= 11 is 0. The molecule has 23 heavy (non-hydrogen) atoms. The fourth-order valence-electron chi connectivity index (χ4n) is 4.14. The number of hydrogen-bond acceptors (Lipinski definition) is 4. The standard InChI is InChI=1S/C18H34O4Si/c1-9-12(2)16-13(19)10-14-15(21-16)11-20-23(22-14,17(3,4)5)18(6,7)8/h9,12-16,19H,1,10-11H2,2-8H3/t12?,13-,14+,15+,16-/m0/s1. The maximum absolute atomic E-state index is 10.5. The number of aliphatic hydroxyl groups excluding tert-OH is 1. The Morgan fingerprint density at radius 3 is 2.17 bits per heavy atom. The molecule has 0 bridgehead atoms. The zero-order valence-electron chi connectivity index (χ0n) is 15.8. The van der Waals surface area contributed by atoms with Crippen molar-refractivity contribution in [1.29, 1.82) is 0 Å². The molecule has 0 spiro atoms. The van der Waals surface area contributed by atoms with Gasteiger partial charge >= 0.3 is 8.56 Å². The van der Waals surface area contributed by atoms with Crippen molar-refractivity contribution in [3.05, 3.63) is 12.7 Å². The molecule has 5 heteroatoms. The average Bonchev–Trinajstić information content (AvgIpc) is 2.42. The Morgan fingerprint density at radius 2 is 1.70 bits per heavy atom. The summed E-state index contributed by atoms with van der Waals surface area (Å²) in [7, 11) is -2.49. The van der Waals surface area contributed by atoms with Crippen LogP contribution in [-0.2, 0) is 13.6 Å².